The number of likely N-dealkylation sites (tertiary alicyclic amines) is 1. The van der Waals surface area contributed by atoms with Gasteiger partial charge in [-0.25, -0.2) is 0 Å². The summed E-state index contributed by atoms with van der Waals surface area (Å²) in [5.41, 5.74) is 0. The summed E-state index contributed by atoms with van der Waals surface area (Å²) in [6.45, 7) is 10.2. The third-order valence-corrected chi connectivity index (χ3v) is 3.19. The fraction of sp³-hybridized carbons (Fsp3) is 0.833. The molecule has 0 amide bonds. The van der Waals surface area contributed by atoms with Crippen molar-refractivity contribution in [1.29, 1.82) is 0 Å². The number of nitrogens with one attached hydrogen (secondary N) is 1. The maximum absolute atomic E-state index is 5.66. The van der Waals surface area contributed by atoms with Gasteiger partial charge in [-0.1, -0.05) is 24.6 Å². The number of nitrogens with zero attached hydrogens (tertiary/aromatic N) is 1. The number of piperidine rings is 1. The van der Waals surface area contributed by atoms with E-state index < -0.39 is 0 Å². The van der Waals surface area contributed by atoms with Gasteiger partial charge in [0.05, 0.1) is 0 Å². The van der Waals surface area contributed by atoms with Crippen molar-refractivity contribution in [1.82, 2.24) is 10.2 Å². The Kier molecular flexibility index (Phi) is 6.30. The fourth-order valence-electron chi connectivity index (χ4n) is 2.12. The van der Waals surface area contributed by atoms with Crippen LogP contribution in [0.25, 0.3) is 0 Å². The Morgan fingerprint density at radius 3 is 3.00 bits per heavy atom. The summed E-state index contributed by atoms with van der Waals surface area (Å²) in [4.78, 5) is 2.60. The van der Waals surface area contributed by atoms with Crippen molar-refractivity contribution in [3.8, 4) is 0 Å². The second-order valence-electron chi connectivity index (χ2n) is 4.43. The minimum atomic E-state index is 0.696. The van der Waals surface area contributed by atoms with Gasteiger partial charge in [0.2, 0.25) is 0 Å². The molecule has 0 aliphatic carbocycles. The van der Waals surface area contributed by atoms with Crippen molar-refractivity contribution >= 4 is 11.6 Å². The number of rotatable bonds is 6. The molecule has 1 saturated heterocycles. The molecule has 1 aliphatic heterocycles. The van der Waals surface area contributed by atoms with Crippen molar-refractivity contribution in [3.63, 3.8) is 0 Å². The predicted molar refractivity (Wildman–Crippen MR) is 67.4 cm³/mol. The molecule has 1 N–H and O–H groups in total. The summed E-state index contributed by atoms with van der Waals surface area (Å²) in [7, 11) is 0. The van der Waals surface area contributed by atoms with E-state index in [4.69, 9.17) is 11.6 Å². The van der Waals surface area contributed by atoms with Crippen molar-refractivity contribution < 1.29 is 0 Å². The molecule has 15 heavy (non-hydrogen) atoms. The van der Waals surface area contributed by atoms with Crippen molar-refractivity contribution in [2.75, 3.05) is 26.2 Å². The molecule has 1 rings (SSSR count). The molecular formula is C12H23ClN2. The Bertz CT molecular complexity index is 194. The maximum Gasteiger partial charge on any atom is 0.0307 e. The lowest BCUT2D eigenvalue weighted by Crippen LogP contribution is -2.38. The zero-order valence-electron chi connectivity index (χ0n) is 9.77. The summed E-state index contributed by atoms with van der Waals surface area (Å²) in [5.74, 6) is 0. The summed E-state index contributed by atoms with van der Waals surface area (Å²) in [6.07, 6.45) is 5.35. The van der Waals surface area contributed by atoms with Crippen LogP contribution in [0.4, 0.5) is 0 Å². The quantitative estimate of drug-likeness (QED) is 0.706. The molecule has 1 unspecified atom stereocenters. The second-order valence-corrected chi connectivity index (χ2v) is 4.96. The SMILES string of the molecule is C=C(Cl)CNCCCN1CCCCC1C. The van der Waals surface area contributed by atoms with Gasteiger partial charge in [0.15, 0.2) is 0 Å². The molecule has 1 heterocycles. The molecule has 0 bridgehead atoms. The monoisotopic (exact) mass is 230 g/mol. The van der Waals surface area contributed by atoms with Gasteiger partial charge >= 0.3 is 0 Å². The highest BCUT2D eigenvalue weighted by molar-refractivity contribution is 6.29. The number of halogens is 1. The average molecular weight is 231 g/mol. The molecule has 1 fully saturated rings. The van der Waals surface area contributed by atoms with E-state index in [1.165, 1.54) is 38.8 Å². The van der Waals surface area contributed by atoms with E-state index in [0.29, 0.717) is 5.03 Å². The molecule has 0 aromatic heterocycles. The van der Waals surface area contributed by atoms with Crippen LogP contribution in [0.15, 0.2) is 11.6 Å². The summed E-state index contributed by atoms with van der Waals surface area (Å²) >= 11 is 5.66. The number of hydrogen-bond donors (Lipinski definition) is 1. The van der Waals surface area contributed by atoms with Gasteiger partial charge in [-0.3, -0.25) is 0 Å². The van der Waals surface area contributed by atoms with E-state index >= 15 is 0 Å². The van der Waals surface area contributed by atoms with Crippen LogP contribution in [0, 0.1) is 0 Å². The van der Waals surface area contributed by atoms with E-state index in [2.05, 4.69) is 23.7 Å². The van der Waals surface area contributed by atoms with Gasteiger partial charge in [-0.05, 0) is 45.8 Å². The highest BCUT2D eigenvalue weighted by Gasteiger charge is 2.16. The molecule has 3 heteroatoms. The van der Waals surface area contributed by atoms with Gasteiger partial charge in [0.1, 0.15) is 0 Å². The van der Waals surface area contributed by atoms with Crippen LogP contribution in [0.2, 0.25) is 0 Å². The minimum absolute atomic E-state index is 0.696. The lowest BCUT2D eigenvalue weighted by atomic mass is 10.0. The zero-order chi connectivity index (χ0) is 11.1. The lowest BCUT2D eigenvalue weighted by molar-refractivity contribution is 0.159. The van der Waals surface area contributed by atoms with Crippen LogP contribution >= 0.6 is 11.6 Å². The minimum Gasteiger partial charge on any atom is -0.312 e. The van der Waals surface area contributed by atoms with Gasteiger partial charge < -0.3 is 10.2 Å². The Morgan fingerprint density at radius 1 is 1.53 bits per heavy atom. The molecule has 1 atom stereocenters. The third kappa shape index (κ3) is 5.55. The molecule has 1 aliphatic rings. The van der Waals surface area contributed by atoms with E-state index in [1.54, 1.807) is 0 Å². The van der Waals surface area contributed by atoms with Gasteiger partial charge in [0, 0.05) is 17.6 Å². The first-order valence-corrected chi connectivity index (χ1v) is 6.36. The third-order valence-electron chi connectivity index (χ3n) is 3.06. The Labute approximate surface area is 98.7 Å². The van der Waals surface area contributed by atoms with Gasteiger partial charge in [-0.15, -0.1) is 0 Å². The maximum atomic E-state index is 5.66. The van der Waals surface area contributed by atoms with Crippen LogP contribution in [0.3, 0.4) is 0 Å². The first kappa shape index (κ1) is 13.0. The van der Waals surface area contributed by atoms with Gasteiger partial charge in [-0.2, -0.15) is 0 Å². The first-order valence-electron chi connectivity index (χ1n) is 5.98. The highest BCUT2D eigenvalue weighted by atomic mass is 35.5. The predicted octanol–water partition coefficient (Wildman–Crippen LogP) is 2.59. The summed E-state index contributed by atoms with van der Waals surface area (Å²) in [5, 5.41) is 3.98. The molecule has 0 saturated carbocycles. The van der Waals surface area contributed by atoms with Crippen molar-refractivity contribution in [2.45, 2.75) is 38.6 Å². The molecule has 2 nitrogen and oxygen atoms in total. The fourth-order valence-corrected chi connectivity index (χ4v) is 2.22. The summed E-state index contributed by atoms with van der Waals surface area (Å²) in [6, 6.07) is 0.779. The van der Waals surface area contributed by atoms with E-state index in [0.717, 1.165) is 19.1 Å². The highest BCUT2D eigenvalue weighted by Crippen LogP contribution is 2.15. The van der Waals surface area contributed by atoms with E-state index in [9.17, 15) is 0 Å². The smallest absolute Gasteiger partial charge is 0.0307 e. The van der Waals surface area contributed by atoms with Crippen molar-refractivity contribution in [2.24, 2.45) is 0 Å². The first-order chi connectivity index (χ1) is 7.20. The molecule has 0 spiro atoms. The summed E-state index contributed by atoms with van der Waals surface area (Å²) < 4.78 is 0. The van der Waals surface area contributed by atoms with Crippen molar-refractivity contribution in [3.05, 3.63) is 11.6 Å². The van der Waals surface area contributed by atoms with Crippen LogP contribution in [0.1, 0.15) is 32.6 Å². The Morgan fingerprint density at radius 2 is 2.33 bits per heavy atom. The van der Waals surface area contributed by atoms with Crippen LogP contribution in [-0.4, -0.2) is 37.1 Å². The zero-order valence-corrected chi connectivity index (χ0v) is 10.5. The largest absolute Gasteiger partial charge is 0.312 e. The normalized spacial score (nSPS) is 22.9. The van der Waals surface area contributed by atoms with Crippen LogP contribution < -0.4 is 5.32 Å². The standard InChI is InChI=1S/C12H23ClN2/c1-11(13)10-14-7-5-9-15-8-4-3-6-12(15)2/h12,14H,1,3-10H2,2H3. The molecular weight excluding hydrogens is 208 g/mol. The molecule has 0 radical (unpaired) electrons. The van der Waals surface area contributed by atoms with Gasteiger partial charge in [0.25, 0.3) is 0 Å². The molecule has 0 aromatic carbocycles. The molecule has 88 valence electrons. The van der Waals surface area contributed by atoms with E-state index in [1.807, 2.05) is 0 Å². The lowest BCUT2D eigenvalue weighted by Gasteiger charge is -2.33. The topological polar surface area (TPSA) is 15.3 Å². The van der Waals surface area contributed by atoms with E-state index in [-0.39, 0.29) is 0 Å². The number of hydrogen-bond acceptors (Lipinski definition) is 2. The van der Waals surface area contributed by atoms with Crippen LogP contribution in [0.5, 0.6) is 0 Å². The Hall–Kier alpha value is -0.0500. The average Bonchev–Trinajstić information content (AvgIpc) is 2.20. The second kappa shape index (κ2) is 7.26. The van der Waals surface area contributed by atoms with Crippen LogP contribution in [-0.2, 0) is 0 Å². The Balaban J connectivity index is 2.01. The molecule has 0 aromatic rings.